The maximum atomic E-state index is 13.6. The fraction of sp³-hybridized carbons (Fsp3) is 0.409. The molecule has 1 atom stereocenters. The largest absolute Gasteiger partial charge is 0.350 e. The van der Waals surface area contributed by atoms with Gasteiger partial charge in [0.1, 0.15) is 5.69 Å². The van der Waals surface area contributed by atoms with E-state index in [-0.39, 0.29) is 36.0 Å². The van der Waals surface area contributed by atoms with Crippen LogP contribution in [0.2, 0.25) is 0 Å². The summed E-state index contributed by atoms with van der Waals surface area (Å²) in [6.07, 6.45) is 2.44. The van der Waals surface area contributed by atoms with E-state index in [9.17, 15) is 27.2 Å². The second-order valence-electron chi connectivity index (χ2n) is 8.81. The molecule has 2 aromatic heterocycles. The number of hydrogen-bond acceptors (Lipinski definition) is 4. The highest BCUT2D eigenvalue weighted by atomic mass is 19.3. The van der Waals surface area contributed by atoms with Gasteiger partial charge in [0.15, 0.2) is 11.6 Å². The number of nitrogens with zero attached hydrogens (tertiary/aromatic N) is 3. The number of alkyl halides is 2. The van der Waals surface area contributed by atoms with Gasteiger partial charge in [-0.15, -0.1) is 0 Å². The average molecular weight is 479 g/mol. The molecule has 0 spiro atoms. The number of fused-ring (bicyclic) bond motifs is 2. The Morgan fingerprint density at radius 3 is 2.71 bits per heavy atom. The van der Waals surface area contributed by atoms with Crippen molar-refractivity contribution in [3.05, 3.63) is 53.0 Å². The van der Waals surface area contributed by atoms with E-state index in [0.29, 0.717) is 30.5 Å². The van der Waals surface area contributed by atoms with Gasteiger partial charge in [0.2, 0.25) is 0 Å². The van der Waals surface area contributed by atoms with Gasteiger partial charge in [0.05, 0.1) is 42.7 Å². The Kier molecular flexibility index (Phi) is 5.34. The van der Waals surface area contributed by atoms with E-state index in [1.807, 2.05) is 6.92 Å². The minimum Gasteiger partial charge on any atom is -0.350 e. The van der Waals surface area contributed by atoms with Crippen molar-refractivity contribution in [1.29, 1.82) is 0 Å². The first-order valence-corrected chi connectivity index (χ1v) is 10.7. The van der Waals surface area contributed by atoms with Gasteiger partial charge in [0.25, 0.3) is 11.8 Å². The zero-order valence-corrected chi connectivity index (χ0v) is 18.1. The summed E-state index contributed by atoms with van der Waals surface area (Å²) in [5.41, 5.74) is 0.371. The molecule has 5 rings (SSSR count). The minimum atomic E-state index is -2.92. The van der Waals surface area contributed by atoms with Gasteiger partial charge < -0.3 is 19.9 Å². The van der Waals surface area contributed by atoms with Gasteiger partial charge in [-0.3, -0.25) is 14.3 Å². The van der Waals surface area contributed by atoms with E-state index in [0.717, 1.165) is 12.1 Å². The summed E-state index contributed by atoms with van der Waals surface area (Å²) in [5.74, 6) is -2.90. The molecule has 3 heterocycles. The van der Waals surface area contributed by atoms with Crippen molar-refractivity contribution in [2.24, 2.45) is 0 Å². The number of nitrogens with one attached hydrogen (secondary N) is 2. The molecule has 1 saturated carbocycles. The van der Waals surface area contributed by atoms with E-state index in [1.54, 1.807) is 4.68 Å². The Morgan fingerprint density at radius 1 is 1.26 bits per heavy atom. The second kappa shape index (κ2) is 8.12. The quantitative estimate of drug-likeness (QED) is 0.532. The van der Waals surface area contributed by atoms with E-state index in [1.165, 1.54) is 17.2 Å². The Labute approximate surface area is 190 Å². The maximum absolute atomic E-state index is 13.6. The number of aromatic amines is 1. The first-order valence-electron chi connectivity index (χ1n) is 10.7. The lowest BCUT2D eigenvalue weighted by Gasteiger charge is -2.34. The summed E-state index contributed by atoms with van der Waals surface area (Å²) in [6, 6.07) is 3.18. The number of carbonyl (C=O) groups is 2. The Bertz CT molecular complexity index is 1240. The highest BCUT2D eigenvalue weighted by molar-refractivity contribution is 5.99. The molecule has 1 fully saturated rings. The fourth-order valence-corrected chi connectivity index (χ4v) is 4.25. The number of aromatic nitrogens is 3. The number of benzene rings is 1. The molecule has 8 nitrogen and oxygen atoms in total. The molecule has 0 saturated heterocycles. The van der Waals surface area contributed by atoms with E-state index >= 15 is 0 Å². The van der Waals surface area contributed by atoms with Gasteiger partial charge in [-0.1, -0.05) is 0 Å². The van der Waals surface area contributed by atoms with Crippen LogP contribution in [0.4, 0.5) is 17.6 Å². The van der Waals surface area contributed by atoms with Crippen LogP contribution in [0.25, 0.3) is 10.9 Å². The number of rotatable bonds is 6. The summed E-state index contributed by atoms with van der Waals surface area (Å²) in [7, 11) is 0. The molecule has 1 aliphatic carbocycles. The number of hydrogen-bond donors (Lipinski definition) is 2. The van der Waals surface area contributed by atoms with E-state index in [2.05, 4.69) is 20.1 Å². The van der Waals surface area contributed by atoms with E-state index in [4.69, 9.17) is 0 Å². The lowest BCUT2D eigenvalue weighted by Crippen LogP contribution is -2.46. The number of amides is 2. The zero-order valence-electron chi connectivity index (χ0n) is 18.1. The molecule has 2 N–H and O–H groups in total. The lowest BCUT2D eigenvalue weighted by molar-refractivity contribution is -0.135. The van der Waals surface area contributed by atoms with Crippen LogP contribution in [0.1, 0.15) is 46.3 Å². The molecule has 2 aliphatic rings. The third kappa shape index (κ3) is 4.02. The monoisotopic (exact) mass is 479 g/mol. The number of carbonyl (C=O) groups excluding carboxylic acids is 2. The topological polar surface area (TPSA) is 92.2 Å². The zero-order chi connectivity index (χ0) is 24.2. The Hall–Kier alpha value is -3.41. The molecule has 34 heavy (non-hydrogen) atoms. The van der Waals surface area contributed by atoms with Gasteiger partial charge in [-0.25, -0.2) is 8.78 Å². The smallest absolute Gasteiger partial charge is 0.345 e. The molecule has 2 amide bonds. The van der Waals surface area contributed by atoms with Crippen molar-refractivity contribution < 1.29 is 31.9 Å². The van der Waals surface area contributed by atoms with Crippen molar-refractivity contribution in [2.45, 2.75) is 51.0 Å². The van der Waals surface area contributed by atoms with Crippen LogP contribution in [0.15, 0.2) is 24.4 Å². The standard InChI is InChI=1S/C22H21F4N5O3/c1-11-8-31-18(13(7-27-31)19(32)29-22(2-3-22)10-34-21(25)26)9-30(11)20(33)17-5-12-4-14(23)15(24)6-16(12)28-17/h4-7,11,21,28H,2-3,8-10H2,1H3,(H,29,32). The SMILES string of the molecule is CC1Cn2ncc(C(=O)NC3(COC(F)F)CC3)c2CN1C(=O)c1cc2cc(F)c(F)cc2[nH]1. The average Bonchev–Trinajstić information content (AvgIpc) is 3.22. The Morgan fingerprint density at radius 2 is 2.00 bits per heavy atom. The first kappa shape index (κ1) is 22.4. The molecule has 12 heteroatoms. The third-order valence-corrected chi connectivity index (χ3v) is 6.35. The predicted molar refractivity (Wildman–Crippen MR) is 111 cm³/mol. The normalized spacial score (nSPS) is 18.9. The van der Waals surface area contributed by atoms with Crippen molar-refractivity contribution in [2.75, 3.05) is 6.61 Å². The maximum Gasteiger partial charge on any atom is 0.345 e. The van der Waals surface area contributed by atoms with E-state index < -0.39 is 35.6 Å². The second-order valence-corrected chi connectivity index (χ2v) is 8.81. The molecular weight excluding hydrogens is 458 g/mol. The van der Waals surface area contributed by atoms with Crippen LogP contribution < -0.4 is 5.32 Å². The lowest BCUT2D eigenvalue weighted by atomic mass is 10.1. The highest BCUT2D eigenvalue weighted by Crippen LogP contribution is 2.36. The molecule has 1 unspecified atom stereocenters. The molecule has 0 bridgehead atoms. The van der Waals surface area contributed by atoms with Gasteiger partial charge in [-0.2, -0.15) is 13.9 Å². The van der Waals surface area contributed by atoms with Crippen LogP contribution in [-0.2, 0) is 17.8 Å². The first-order chi connectivity index (χ1) is 16.2. The van der Waals surface area contributed by atoms with Crippen LogP contribution >= 0.6 is 0 Å². The molecular formula is C22H21F4N5O3. The van der Waals surface area contributed by atoms with Crippen molar-refractivity contribution >= 4 is 22.7 Å². The van der Waals surface area contributed by atoms with Crippen LogP contribution in [-0.4, -0.2) is 56.3 Å². The molecule has 180 valence electrons. The Balaban J connectivity index is 1.36. The van der Waals surface area contributed by atoms with Crippen molar-refractivity contribution in [1.82, 2.24) is 25.0 Å². The summed E-state index contributed by atoms with van der Waals surface area (Å²) in [5, 5.41) is 7.37. The highest BCUT2D eigenvalue weighted by Gasteiger charge is 2.46. The summed E-state index contributed by atoms with van der Waals surface area (Å²) in [4.78, 5) is 30.5. The summed E-state index contributed by atoms with van der Waals surface area (Å²) < 4.78 is 57.9. The van der Waals surface area contributed by atoms with Gasteiger partial charge in [-0.05, 0) is 31.9 Å². The summed E-state index contributed by atoms with van der Waals surface area (Å²) >= 11 is 0. The van der Waals surface area contributed by atoms with Gasteiger partial charge >= 0.3 is 6.61 Å². The summed E-state index contributed by atoms with van der Waals surface area (Å²) in [6.45, 7) is -0.982. The minimum absolute atomic E-state index is 0.0708. The van der Waals surface area contributed by atoms with Crippen LogP contribution in [0.3, 0.4) is 0 Å². The number of H-pyrrole nitrogens is 1. The molecule has 3 aromatic rings. The van der Waals surface area contributed by atoms with Crippen molar-refractivity contribution in [3.63, 3.8) is 0 Å². The number of ether oxygens (including phenoxy) is 1. The third-order valence-electron chi connectivity index (χ3n) is 6.35. The molecule has 0 radical (unpaired) electrons. The van der Waals surface area contributed by atoms with Gasteiger partial charge in [0, 0.05) is 23.0 Å². The molecule has 1 aromatic carbocycles. The fourth-order valence-electron chi connectivity index (χ4n) is 4.25. The van der Waals surface area contributed by atoms with Crippen LogP contribution in [0.5, 0.6) is 0 Å². The number of halogens is 4. The predicted octanol–water partition coefficient (Wildman–Crippen LogP) is 3.19. The van der Waals surface area contributed by atoms with Crippen molar-refractivity contribution in [3.8, 4) is 0 Å². The molecule has 1 aliphatic heterocycles. The van der Waals surface area contributed by atoms with Crippen LogP contribution in [0, 0.1) is 11.6 Å².